The Labute approximate surface area is 210 Å². The van der Waals surface area contributed by atoms with Crippen LogP contribution < -0.4 is 0 Å². The van der Waals surface area contributed by atoms with Gasteiger partial charge in [0.05, 0.1) is 12.1 Å². The number of hydrogen-bond acceptors (Lipinski definition) is 4. The van der Waals surface area contributed by atoms with Gasteiger partial charge >= 0.3 is 0 Å². The topological polar surface area (TPSA) is 40.6 Å². The smallest absolute Gasteiger partial charge is 0.141 e. The minimum atomic E-state index is -0.382. The molecule has 2 atom stereocenters. The molecule has 0 heterocycles. The minimum absolute atomic E-state index is 0.382. The van der Waals surface area contributed by atoms with E-state index in [1.807, 2.05) is 58.3 Å². The largest absolute Gasteiger partial charge is 0.301 e. The van der Waals surface area contributed by atoms with Crippen LogP contribution in [0.5, 0.6) is 0 Å². The fourth-order valence-electron chi connectivity index (χ4n) is 3.71. The van der Waals surface area contributed by atoms with Crippen LogP contribution in [0.4, 0.5) is 0 Å². The second kappa shape index (κ2) is 14.9. The van der Waals surface area contributed by atoms with Crippen molar-refractivity contribution in [2.45, 2.75) is 12.1 Å². The van der Waals surface area contributed by atoms with Crippen molar-refractivity contribution in [1.82, 2.24) is 9.80 Å². The second-order valence-electron chi connectivity index (χ2n) is 7.23. The highest BCUT2D eigenvalue weighted by atomic mass is 35.5. The van der Waals surface area contributed by atoms with Crippen molar-refractivity contribution >= 4 is 59.0 Å². The minimum Gasteiger partial charge on any atom is -0.301 e. The molecule has 0 aliphatic rings. The van der Waals surface area contributed by atoms with Crippen molar-refractivity contribution in [3.63, 3.8) is 0 Å². The lowest BCUT2D eigenvalue weighted by Crippen LogP contribution is -2.33. The monoisotopic (exact) mass is 516 g/mol. The molecule has 4 nitrogen and oxygen atoms in total. The standard InChI is InChI=1S/C24H28Cl4N2O2/c25-9-13-29(14-10-26)23(17-31)21-5-1-19(2-6-21)20-3-7-22(8-4-20)24(18-32)30(15-11-27)16-12-28/h1-8,17-18,23-24H,9-16H2. The highest BCUT2D eigenvalue weighted by molar-refractivity contribution is 6.18. The maximum absolute atomic E-state index is 11.8. The number of hydrogen-bond donors (Lipinski definition) is 0. The number of carbonyl (C=O) groups is 2. The molecule has 0 radical (unpaired) electrons. The van der Waals surface area contributed by atoms with Crippen LogP contribution in [0.25, 0.3) is 11.1 Å². The second-order valence-corrected chi connectivity index (χ2v) is 8.75. The Bertz CT molecular complexity index is 736. The molecule has 0 aliphatic carbocycles. The molecular formula is C24H28Cl4N2O2. The molecule has 2 unspecified atom stereocenters. The summed E-state index contributed by atoms with van der Waals surface area (Å²) >= 11 is 23.5. The van der Waals surface area contributed by atoms with Gasteiger partial charge in [-0.15, -0.1) is 46.4 Å². The number of benzene rings is 2. The summed E-state index contributed by atoms with van der Waals surface area (Å²) in [5, 5.41) is 0. The quantitative estimate of drug-likeness (QED) is 0.234. The summed E-state index contributed by atoms with van der Waals surface area (Å²) in [4.78, 5) is 27.5. The van der Waals surface area contributed by atoms with Gasteiger partial charge in [0.1, 0.15) is 12.6 Å². The fraction of sp³-hybridized carbons (Fsp3) is 0.417. The molecule has 0 bridgehead atoms. The highest BCUT2D eigenvalue weighted by Gasteiger charge is 2.20. The number of halogens is 4. The third-order valence-corrected chi connectivity index (χ3v) is 6.05. The van der Waals surface area contributed by atoms with Gasteiger partial charge in [-0.05, 0) is 22.3 Å². The lowest BCUT2D eigenvalue weighted by molar-refractivity contribution is -0.113. The zero-order valence-electron chi connectivity index (χ0n) is 17.8. The Balaban J connectivity index is 2.20. The molecule has 0 aliphatic heterocycles. The SMILES string of the molecule is O=CC(c1ccc(-c2ccc(C(C=O)N(CCCl)CCCl)cc2)cc1)N(CCCl)CCCl. The Morgan fingerprint density at radius 3 is 1.06 bits per heavy atom. The Morgan fingerprint density at radius 1 is 0.562 bits per heavy atom. The van der Waals surface area contributed by atoms with Crippen LogP contribution in [0.15, 0.2) is 48.5 Å². The highest BCUT2D eigenvalue weighted by Crippen LogP contribution is 2.27. The van der Waals surface area contributed by atoms with Gasteiger partial charge in [-0.25, -0.2) is 0 Å². The van der Waals surface area contributed by atoms with Gasteiger partial charge in [0, 0.05) is 49.7 Å². The zero-order valence-corrected chi connectivity index (χ0v) is 20.8. The molecular weight excluding hydrogens is 490 g/mol. The first kappa shape index (κ1) is 27.1. The van der Waals surface area contributed by atoms with Crippen LogP contribution in [-0.4, -0.2) is 72.1 Å². The van der Waals surface area contributed by atoms with E-state index in [-0.39, 0.29) is 12.1 Å². The molecule has 32 heavy (non-hydrogen) atoms. The van der Waals surface area contributed by atoms with E-state index in [1.165, 1.54) is 0 Å². The summed E-state index contributed by atoms with van der Waals surface area (Å²) in [7, 11) is 0. The van der Waals surface area contributed by atoms with Crippen molar-refractivity contribution in [3.8, 4) is 11.1 Å². The van der Waals surface area contributed by atoms with Crippen molar-refractivity contribution in [2.75, 3.05) is 49.7 Å². The van der Waals surface area contributed by atoms with Crippen LogP contribution in [0.3, 0.4) is 0 Å². The number of rotatable bonds is 15. The van der Waals surface area contributed by atoms with Gasteiger partial charge in [0.15, 0.2) is 0 Å². The summed E-state index contributed by atoms with van der Waals surface area (Å²) in [5.41, 5.74) is 3.84. The number of alkyl halides is 4. The Morgan fingerprint density at radius 2 is 0.844 bits per heavy atom. The molecule has 2 aromatic rings. The molecule has 0 aromatic heterocycles. The van der Waals surface area contributed by atoms with Gasteiger partial charge in [-0.2, -0.15) is 0 Å². The molecule has 0 amide bonds. The van der Waals surface area contributed by atoms with Gasteiger partial charge < -0.3 is 9.59 Å². The van der Waals surface area contributed by atoms with E-state index >= 15 is 0 Å². The average molecular weight is 518 g/mol. The van der Waals surface area contributed by atoms with Gasteiger partial charge in [0.2, 0.25) is 0 Å². The van der Waals surface area contributed by atoms with E-state index in [0.717, 1.165) is 34.8 Å². The predicted molar refractivity (Wildman–Crippen MR) is 136 cm³/mol. The first-order chi connectivity index (χ1) is 15.6. The number of nitrogens with zero attached hydrogens (tertiary/aromatic N) is 2. The lowest BCUT2D eigenvalue weighted by Gasteiger charge is -2.27. The van der Waals surface area contributed by atoms with E-state index in [0.29, 0.717) is 49.7 Å². The summed E-state index contributed by atoms with van der Waals surface area (Å²) < 4.78 is 0. The summed E-state index contributed by atoms with van der Waals surface area (Å²) in [6.07, 6.45) is 1.85. The molecule has 2 rings (SSSR count). The van der Waals surface area contributed by atoms with Crippen LogP contribution in [0, 0.1) is 0 Å². The lowest BCUT2D eigenvalue weighted by atomic mass is 9.98. The van der Waals surface area contributed by atoms with E-state index < -0.39 is 0 Å². The van der Waals surface area contributed by atoms with Crippen LogP contribution in [0.1, 0.15) is 23.2 Å². The van der Waals surface area contributed by atoms with Crippen LogP contribution in [-0.2, 0) is 9.59 Å². The van der Waals surface area contributed by atoms with E-state index in [4.69, 9.17) is 46.4 Å². The Kier molecular flexibility index (Phi) is 12.6. The summed E-state index contributed by atoms with van der Waals surface area (Å²) in [6.45, 7) is 2.35. The van der Waals surface area contributed by atoms with E-state index in [2.05, 4.69) is 0 Å². The first-order valence-electron chi connectivity index (χ1n) is 10.5. The summed E-state index contributed by atoms with van der Waals surface area (Å²) in [5.74, 6) is 1.72. The molecule has 8 heteroatoms. The van der Waals surface area contributed by atoms with Gasteiger partial charge in [0.25, 0.3) is 0 Å². The summed E-state index contributed by atoms with van der Waals surface area (Å²) in [6, 6.07) is 15.0. The Hall–Kier alpha value is -1.14. The predicted octanol–water partition coefficient (Wildman–Crippen LogP) is 5.39. The maximum atomic E-state index is 11.8. The third kappa shape index (κ3) is 7.44. The van der Waals surface area contributed by atoms with E-state index in [1.54, 1.807) is 0 Å². The fourth-order valence-corrected chi connectivity index (χ4v) is 4.58. The molecule has 0 N–H and O–H groups in total. The number of carbonyl (C=O) groups excluding carboxylic acids is 2. The zero-order chi connectivity index (χ0) is 23.3. The van der Waals surface area contributed by atoms with Crippen LogP contribution in [0.2, 0.25) is 0 Å². The molecule has 174 valence electrons. The van der Waals surface area contributed by atoms with E-state index in [9.17, 15) is 9.59 Å². The molecule has 0 spiro atoms. The van der Waals surface area contributed by atoms with Crippen molar-refractivity contribution < 1.29 is 9.59 Å². The average Bonchev–Trinajstić information content (AvgIpc) is 2.81. The molecule has 2 aromatic carbocycles. The van der Waals surface area contributed by atoms with Gasteiger partial charge in [-0.3, -0.25) is 9.80 Å². The number of aldehydes is 2. The van der Waals surface area contributed by atoms with Crippen molar-refractivity contribution in [3.05, 3.63) is 59.7 Å². The molecule has 0 saturated heterocycles. The first-order valence-corrected chi connectivity index (χ1v) is 12.6. The maximum Gasteiger partial charge on any atom is 0.141 e. The van der Waals surface area contributed by atoms with Crippen LogP contribution >= 0.6 is 46.4 Å². The normalized spacial score (nSPS) is 13.3. The van der Waals surface area contributed by atoms with Crippen molar-refractivity contribution in [2.24, 2.45) is 0 Å². The molecule has 0 saturated carbocycles. The molecule has 0 fully saturated rings. The van der Waals surface area contributed by atoms with Gasteiger partial charge in [-0.1, -0.05) is 48.5 Å². The van der Waals surface area contributed by atoms with Crippen molar-refractivity contribution in [1.29, 1.82) is 0 Å². The third-order valence-electron chi connectivity index (χ3n) is 5.37.